The van der Waals surface area contributed by atoms with Crippen molar-refractivity contribution >= 4 is 35.5 Å². The first-order chi connectivity index (χ1) is 20.9. The summed E-state index contributed by atoms with van der Waals surface area (Å²) in [5, 5.41) is 40.5. The minimum Gasteiger partial charge on any atom is -0.508 e. The first kappa shape index (κ1) is 37.7. The number of carbonyl (C=O) groups is 6. The topological polar surface area (TPSA) is 275 Å². The van der Waals surface area contributed by atoms with Gasteiger partial charge in [0.1, 0.15) is 29.9 Å². The van der Waals surface area contributed by atoms with Gasteiger partial charge >= 0.3 is 5.97 Å². The van der Waals surface area contributed by atoms with Crippen LogP contribution < -0.4 is 38.1 Å². The van der Waals surface area contributed by atoms with E-state index < -0.39 is 78.7 Å². The maximum Gasteiger partial charge on any atom is 0.326 e. The van der Waals surface area contributed by atoms with Crippen molar-refractivity contribution in [2.75, 3.05) is 26.2 Å². The number of aromatic hydroxyl groups is 1. The molecule has 0 spiro atoms. The Morgan fingerprint density at radius 3 is 1.98 bits per heavy atom. The number of aliphatic hydroxyl groups excluding tert-OH is 1. The van der Waals surface area contributed by atoms with Crippen molar-refractivity contribution < 1.29 is 44.1 Å². The van der Waals surface area contributed by atoms with Crippen molar-refractivity contribution in [1.29, 1.82) is 0 Å². The van der Waals surface area contributed by atoms with E-state index in [0.29, 0.717) is 31.4 Å². The molecule has 0 heterocycles. The van der Waals surface area contributed by atoms with Gasteiger partial charge in [0.15, 0.2) is 0 Å². The van der Waals surface area contributed by atoms with Crippen LogP contribution in [0.5, 0.6) is 5.75 Å². The highest BCUT2D eigenvalue weighted by Crippen LogP contribution is 2.13. The lowest BCUT2D eigenvalue weighted by atomic mass is 9.97. The summed E-state index contributed by atoms with van der Waals surface area (Å²) in [7, 11) is 0. The summed E-state index contributed by atoms with van der Waals surface area (Å²) in [6.07, 6.45) is 1.61. The van der Waals surface area contributed by atoms with Crippen molar-refractivity contribution in [3.8, 4) is 5.75 Å². The van der Waals surface area contributed by atoms with Gasteiger partial charge in [-0.1, -0.05) is 32.4 Å². The second-order valence-electron chi connectivity index (χ2n) is 10.3. The number of unbranched alkanes of at least 4 members (excludes halogenated alkanes) is 1. The molecule has 0 aromatic heterocycles. The van der Waals surface area contributed by atoms with Crippen molar-refractivity contribution in [2.45, 2.75) is 70.1 Å². The molecule has 44 heavy (non-hydrogen) atoms. The van der Waals surface area contributed by atoms with Crippen molar-refractivity contribution in [1.82, 2.24) is 26.6 Å². The molecule has 1 aromatic carbocycles. The van der Waals surface area contributed by atoms with Gasteiger partial charge in [-0.2, -0.15) is 0 Å². The van der Waals surface area contributed by atoms with Gasteiger partial charge in [0, 0.05) is 6.42 Å². The number of carbonyl (C=O) groups excluding carboxylic acids is 5. The number of carboxylic acid groups (broad SMARTS) is 1. The van der Waals surface area contributed by atoms with Crippen LogP contribution in [-0.2, 0) is 35.2 Å². The summed E-state index contributed by atoms with van der Waals surface area (Å²) in [6, 6.07) is 1.06. The predicted octanol–water partition coefficient (Wildman–Crippen LogP) is -2.80. The number of aliphatic hydroxyl groups is 1. The molecule has 0 aliphatic heterocycles. The quantitative estimate of drug-likeness (QED) is 0.0662. The summed E-state index contributed by atoms with van der Waals surface area (Å²) in [4.78, 5) is 74.8. The van der Waals surface area contributed by atoms with Crippen LogP contribution >= 0.6 is 0 Å². The lowest BCUT2D eigenvalue weighted by Gasteiger charge is -2.26. The standard InChI is InChI=1S/C28H45N7O9/c1-3-16(2)24(35-25(40)20(32-22(38)13-30)12-17-7-9-18(37)10-8-17)27(42)31-14-23(39)33-21(15-36)26(41)34-19(28(43)44)6-4-5-11-29/h7-10,16,19-21,24,36-37H,3-6,11-15,29-30H2,1-2H3,(H,31,42)(H,32,38)(H,33,39)(H,34,41)(H,35,40)(H,43,44)/t16-,19-,20-,21-,24-/m0/s1. The molecule has 1 aromatic rings. The molecule has 0 bridgehead atoms. The maximum atomic E-state index is 13.2. The zero-order valence-electron chi connectivity index (χ0n) is 25.0. The number of phenolic OH excluding ortho intramolecular Hbond substituents is 1. The highest BCUT2D eigenvalue weighted by atomic mass is 16.4. The Morgan fingerprint density at radius 2 is 1.43 bits per heavy atom. The Kier molecular flexibility index (Phi) is 17.0. The average Bonchev–Trinajstić information content (AvgIpc) is 3.00. The number of phenols is 1. The lowest BCUT2D eigenvalue weighted by Crippen LogP contribution is -2.58. The Hall–Kier alpha value is -4.28. The highest BCUT2D eigenvalue weighted by Gasteiger charge is 2.31. The number of nitrogens with two attached hydrogens (primary N) is 2. The fourth-order valence-corrected chi connectivity index (χ4v) is 4.03. The fourth-order valence-electron chi connectivity index (χ4n) is 4.03. The maximum absolute atomic E-state index is 13.2. The monoisotopic (exact) mass is 623 g/mol. The summed E-state index contributed by atoms with van der Waals surface area (Å²) < 4.78 is 0. The largest absolute Gasteiger partial charge is 0.508 e. The number of nitrogens with one attached hydrogen (secondary N) is 5. The molecule has 16 nitrogen and oxygen atoms in total. The van der Waals surface area contributed by atoms with Gasteiger partial charge in [-0.05, 0) is 49.4 Å². The average molecular weight is 624 g/mol. The third-order valence-electron chi connectivity index (χ3n) is 6.83. The van der Waals surface area contributed by atoms with Crippen LogP contribution in [0.25, 0.3) is 0 Å². The first-order valence-corrected chi connectivity index (χ1v) is 14.4. The Bertz CT molecular complexity index is 1120. The first-order valence-electron chi connectivity index (χ1n) is 14.4. The normalized spacial score (nSPS) is 14.2. The number of aliphatic carboxylic acids is 1. The molecular weight excluding hydrogens is 578 g/mol. The second-order valence-corrected chi connectivity index (χ2v) is 10.3. The summed E-state index contributed by atoms with van der Waals surface area (Å²) >= 11 is 0. The third kappa shape index (κ3) is 13.4. The minimum absolute atomic E-state index is 0.0204. The molecular formula is C28H45N7O9. The number of rotatable bonds is 20. The van der Waals surface area contributed by atoms with E-state index in [-0.39, 0.29) is 25.1 Å². The van der Waals surface area contributed by atoms with E-state index in [1.165, 1.54) is 12.1 Å². The van der Waals surface area contributed by atoms with E-state index in [2.05, 4.69) is 26.6 Å². The van der Waals surface area contributed by atoms with E-state index in [1.54, 1.807) is 26.0 Å². The summed E-state index contributed by atoms with van der Waals surface area (Å²) in [5.41, 5.74) is 11.4. The van der Waals surface area contributed by atoms with Gasteiger partial charge in [0.25, 0.3) is 0 Å². The van der Waals surface area contributed by atoms with Crippen molar-refractivity contribution in [2.24, 2.45) is 17.4 Å². The molecule has 0 radical (unpaired) electrons. The Balaban J connectivity index is 2.87. The third-order valence-corrected chi connectivity index (χ3v) is 6.83. The molecule has 0 aliphatic carbocycles. The van der Waals surface area contributed by atoms with Gasteiger partial charge in [-0.3, -0.25) is 24.0 Å². The van der Waals surface area contributed by atoms with E-state index in [9.17, 15) is 44.1 Å². The SMILES string of the molecule is CC[C@H](C)[C@H](NC(=O)[C@H](Cc1ccc(O)cc1)NC(=O)CN)C(=O)NCC(=O)N[C@@H](CO)C(=O)N[C@@H](CCCCN)C(=O)O. The van der Waals surface area contributed by atoms with Crippen molar-refractivity contribution in [3.05, 3.63) is 29.8 Å². The molecule has 5 amide bonds. The number of hydrogen-bond donors (Lipinski definition) is 10. The number of carboxylic acids is 1. The number of amides is 5. The fraction of sp³-hybridized carbons (Fsp3) is 0.571. The lowest BCUT2D eigenvalue weighted by molar-refractivity contribution is -0.142. The van der Waals surface area contributed by atoms with Gasteiger partial charge in [-0.25, -0.2) is 4.79 Å². The molecule has 0 saturated heterocycles. The second kappa shape index (κ2) is 19.8. The van der Waals surface area contributed by atoms with Crippen LogP contribution in [-0.4, -0.2) is 101 Å². The van der Waals surface area contributed by atoms with E-state index in [0.717, 1.165) is 0 Å². The highest BCUT2D eigenvalue weighted by molar-refractivity contribution is 5.95. The van der Waals surface area contributed by atoms with Gasteiger partial charge in [0.05, 0.1) is 19.7 Å². The van der Waals surface area contributed by atoms with E-state index in [4.69, 9.17) is 11.5 Å². The van der Waals surface area contributed by atoms with Crippen LogP contribution in [0.3, 0.4) is 0 Å². The van der Waals surface area contributed by atoms with Gasteiger partial charge in [-0.15, -0.1) is 0 Å². The molecule has 0 unspecified atom stereocenters. The van der Waals surface area contributed by atoms with Crippen LogP contribution in [0, 0.1) is 5.92 Å². The molecule has 12 N–H and O–H groups in total. The van der Waals surface area contributed by atoms with Gasteiger partial charge < -0.3 is 53.4 Å². The Labute approximate surface area is 255 Å². The summed E-state index contributed by atoms with van der Waals surface area (Å²) in [6.45, 7) is 2.03. The smallest absolute Gasteiger partial charge is 0.326 e. The summed E-state index contributed by atoms with van der Waals surface area (Å²) in [5.74, 6) is -5.42. The van der Waals surface area contributed by atoms with Crippen LogP contribution in [0.2, 0.25) is 0 Å². The molecule has 0 fully saturated rings. The molecule has 246 valence electrons. The molecule has 0 saturated carbocycles. The predicted molar refractivity (Wildman–Crippen MR) is 159 cm³/mol. The zero-order valence-corrected chi connectivity index (χ0v) is 25.0. The van der Waals surface area contributed by atoms with E-state index in [1.807, 2.05) is 0 Å². The van der Waals surface area contributed by atoms with E-state index >= 15 is 0 Å². The zero-order chi connectivity index (χ0) is 33.2. The van der Waals surface area contributed by atoms with Gasteiger partial charge in [0.2, 0.25) is 29.5 Å². The molecule has 1 rings (SSSR count). The molecule has 16 heteroatoms. The van der Waals surface area contributed by atoms with Crippen LogP contribution in [0.1, 0.15) is 45.1 Å². The minimum atomic E-state index is -1.48. The Morgan fingerprint density at radius 1 is 0.818 bits per heavy atom. The molecule has 0 aliphatic rings. The van der Waals surface area contributed by atoms with Crippen LogP contribution in [0.15, 0.2) is 24.3 Å². The van der Waals surface area contributed by atoms with Crippen LogP contribution in [0.4, 0.5) is 0 Å². The number of hydrogen-bond acceptors (Lipinski definition) is 10. The van der Waals surface area contributed by atoms with Crippen molar-refractivity contribution in [3.63, 3.8) is 0 Å². The molecule has 5 atom stereocenters. The number of benzene rings is 1.